The van der Waals surface area contributed by atoms with Gasteiger partial charge in [-0.15, -0.1) is 0 Å². The molecule has 0 bridgehead atoms. The van der Waals surface area contributed by atoms with Gasteiger partial charge in [-0.2, -0.15) is 4.98 Å². The highest BCUT2D eigenvalue weighted by Gasteiger charge is 2.21. The Balaban J connectivity index is 2.53. The highest BCUT2D eigenvalue weighted by atomic mass is 16.5. The maximum Gasteiger partial charge on any atom is 0.240 e. The number of ether oxygens (including phenoxy) is 2. The van der Waals surface area contributed by atoms with Crippen molar-refractivity contribution < 1.29 is 9.47 Å². The molecule has 5 nitrogen and oxygen atoms in total. The van der Waals surface area contributed by atoms with Crippen molar-refractivity contribution in [2.45, 2.75) is 19.9 Å². The summed E-state index contributed by atoms with van der Waals surface area (Å²) in [6.45, 7) is 4.16. The van der Waals surface area contributed by atoms with Crippen molar-refractivity contribution in [1.29, 1.82) is 0 Å². The monoisotopic (exact) mass is 287 g/mol. The zero-order chi connectivity index (χ0) is 15.4. The molecule has 0 radical (unpaired) electrons. The zero-order valence-corrected chi connectivity index (χ0v) is 13.1. The molecular weight excluding hydrogens is 266 g/mol. The fourth-order valence-electron chi connectivity index (χ4n) is 2.32. The molecule has 1 atom stereocenters. The minimum atomic E-state index is -0.0849. The van der Waals surface area contributed by atoms with Gasteiger partial charge in [0.1, 0.15) is 5.69 Å². The minimum Gasteiger partial charge on any atom is -0.480 e. The van der Waals surface area contributed by atoms with Crippen molar-refractivity contribution in [3.8, 4) is 11.8 Å². The molecule has 1 unspecified atom stereocenters. The highest BCUT2D eigenvalue weighted by molar-refractivity contribution is 5.40. The molecule has 2 aromatic rings. The third-order valence-electron chi connectivity index (χ3n) is 3.46. The second-order valence-electron chi connectivity index (χ2n) is 4.89. The molecule has 1 aromatic heterocycles. The van der Waals surface area contributed by atoms with Gasteiger partial charge in [-0.3, -0.25) is 0 Å². The summed E-state index contributed by atoms with van der Waals surface area (Å²) in [5.74, 6) is 0.904. The van der Waals surface area contributed by atoms with Crippen molar-refractivity contribution in [1.82, 2.24) is 15.3 Å². The number of methoxy groups -OCH3 is 2. The summed E-state index contributed by atoms with van der Waals surface area (Å²) in [4.78, 5) is 8.77. The number of nitrogens with zero attached hydrogens (tertiary/aromatic N) is 2. The normalized spacial score (nSPS) is 12.0. The van der Waals surface area contributed by atoms with E-state index in [9.17, 15) is 0 Å². The van der Waals surface area contributed by atoms with Gasteiger partial charge >= 0.3 is 0 Å². The van der Waals surface area contributed by atoms with Gasteiger partial charge in [-0.05, 0) is 32.0 Å². The Morgan fingerprint density at radius 3 is 2.52 bits per heavy atom. The minimum absolute atomic E-state index is 0.0849. The lowest BCUT2D eigenvalue weighted by Gasteiger charge is -2.20. The third kappa shape index (κ3) is 3.13. The lowest BCUT2D eigenvalue weighted by atomic mass is 9.97. The predicted octanol–water partition coefficient (Wildman–Crippen LogP) is 2.42. The Bertz CT molecular complexity index is 629. The van der Waals surface area contributed by atoms with Gasteiger partial charge in [0.05, 0.1) is 26.5 Å². The van der Waals surface area contributed by atoms with Crippen LogP contribution in [0.1, 0.15) is 28.4 Å². The van der Waals surface area contributed by atoms with E-state index < -0.39 is 0 Å². The van der Waals surface area contributed by atoms with Gasteiger partial charge in [0.25, 0.3) is 0 Å². The van der Waals surface area contributed by atoms with Crippen LogP contribution in [-0.2, 0) is 0 Å². The maximum atomic E-state index is 5.37. The Morgan fingerprint density at radius 1 is 1.14 bits per heavy atom. The molecule has 1 N–H and O–H groups in total. The topological polar surface area (TPSA) is 56.3 Å². The summed E-state index contributed by atoms with van der Waals surface area (Å²) in [6, 6.07) is 6.28. The maximum absolute atomic E-state index is 5.37. The van der Waals surface area contributed by atoms with Crippen molar-refractivity contribution in [2.24, 2.45) is 0 Å². The van der Waals surface area contributed by atoms with Crippen molar-refractivity contribution in [3.63, 3.8) is 0 Å². The zero-order valence-electron chi connectivity index (χ0n) is 13.1. The van der Waals surface area contributed by atoms with E-state index in [1.54, 1.807) is 20.4 Å². The summed E-state index contributed by atoms with van der Waals surface area (Å²) in [5, 5.41) is 3.29. The van der Waals surface area contributed by atoms with E-state index >= 15 is 0 Å². The molecular formula is C16H21N3O2. The van der Waals surface area contributed by atoms with E-state index in [0.717, 1.165) is 11.3 Å². The standard InChI is InChI=1S/C16H21N3O2/c1-10-6-7-11(2)12(8-10)14(17-3)15-16(21-5)19-13(20-4)9-18-15/h6-9,14,17H,1-5H3. The number of benzene rings is 1. The molecule has 0 amide bonds. The van der Waals surface area contributed by atoms with Crippen LogP contribution >= 0.6 is 0 Å². The molecule has 0 aliphatic rings. The number of rotatable bonds is 5. The number of aryl methyl sites for hydroxylation is 2. The van der Waals surface area contributed by atoms with Gasteiger partial charge < -0.3 is 14.8 Å². The summed E-state index contributed by atoms with van der Waals surface area (Å²) < 4.78 is 10.5. The van der Waals surface area contributed by atoms with Crippen LogP contribution in [0.2, 0.25) is 0 Å². The SMILES string of the molecule is CNC(c1cc(C)ccc1C)c1ncc(OC)nc1OC. The fraction of sp³-hybridized carbons (Fsp3) is 0.375. The second kappa shape index (κ2) is 6.54. The summed E-state index contributed by atoms with van der Waals surface area (Å²) >= 11 is 0. The summed E-state index contributed by atoms with van der Waals surface area (Å²) in [5.41, 5.74) is 4.31. The molecule has 0 aliphatic heterocycles. The fourth-order valence-corrected chi connectivity index (χ4v) is 2.32. The lowest BCUT2D eigenvalue weighted by molar-refractivity contribution is 0.353. The van der Waals surface area contributed by atoms with Crippen LogP contribution < -0.4 is 14.8 Å². The molecule has 0 spiro atoms. The van der Waals surface area contributed by atoms with Crippen LogP contribution in [0.25, 0.3) is 0 Å². The van der Waals surface area contributed by atoms with Gasteiger partial charge in [-0.1, -0.05) is 23.8 Å². The Morgan fingerprint density at radius 2 is 1.90 bits per heavy atom. The van der Waals surface area contributed by atoms with Crippen LogP contribution in [0.15, 0.2) is 24.4 Å². The Kier molecular flexibility index (Phi) is 4.75. The van der Waals surface area contributed by atoms with Crippen LogP contribution in [-0.4, -0.2) is 31.2 Å². The molecule has 2 rings (SSSR count). The molecule has 0 fully saturated rings. The number of hydrogen-bond acceptors (Lipinski definition) is 5. The lowest BCUT2D eigenvalue weighted by Crippen LogP contribution is -2.21. The first kappa shape index (κ1) is 15.3. The molecule has 0 saturated heterocycles. The second-order valence-corrected chi connectivity index (χ2v) is 4.89. The molecule has 0 aliphatic carbocycles. The Labute approximate surface area is 125 Å². The molecule has 1 heterocycles. The molecule has 21 heavy (non-hydrogen) atoms. The van der Waals surface area contributed by atoms with Crippen LogP contribution in [0.4, 0.5) is 0 Å². The van der Waals surface area contributed by atoms with E-state index in [2.05, 4.69) is 47.3 Å². The average Bonchev–Trinajstić information content (AvgIpc) is 2.51. The number of hydrogen-bond donors (Lipinski definition) is 1. The highest BCUT2D eigenvalue weighted by Crippen LogP contribution is 2.30. The average molecular weight is 287 g/mol. The van der Waals surface area contributed by atoms with E-state index in [-0.39, 0.29) is 6.04 Å². The van der Waals surface area contributed by atoms with Crippen molar-refractivity contribution >= 4 is 0 Å². The van der Waals surface area contributed by atoms with Gasteiger partial charge in [-0.25, -0.2) is 4.98 Å². The van der Waals surface area contributed by atoms with Crippen LogP contribution in [0.5, 0.6) is 11.8 Å². The molecule has 112 valence electrons. The summed E-state index contributed by atoms with van der Waals surface area (Å²) in [6.07, 6.45) is 1.60. The first-order chi connectivity index (χ1) is 10.1. The quantitative estimate of drug-likeness (QED) is 0.915. The molecule has 0 saturated carbocycles. The Hall–Kier alpha value is -2.14. The van der Waals surface area contributed by atoms with Gasteiger partial charge in [0.2, 0.25) is 11.8 Å². The van der Waals surface area contributed by atoms with E-state index in [0.29, 0.717) is 11.8 Å². The van der Waals surface area contributed by atoms with Crippen molar-refractivity contribution in [3.05, 3.63) is 46.8 Å². The van der Waals surface area contributed by atoms with Crippen LogP contribution in [0.3, 0.4) is 0 Å². The van der Waals surface area contributed by atoms with Crippen molar-refractivity contribution in [2.75, 3.05) is 21.3 Å². The van der Waals surface area contributed by atoms with E-state index in [4.69, 9.17) is 9.47 Å². The van der Waals surface area contributed by atoms with Gasteiger partial charge in [0, 0.05) is 0 Å². The number of nitrogens with one attached hydrogen (secondary N) is 1. The molecule has 5 heteroatoms. The summed E-state index contributed by atoms with van der Waals surface area (Å²) in [7, 11) is 5.05. The largest absolute Gasteiger partial charge is 0.480 e. The smallest absolute Gasteiger partial charge is 0.240 e. The molecule has 1 aromatic carbocycles. The first-order valence-corrected chi connectivity index (χ1v) is 6.80. The first-order valence-electron chi connectivity index (χ1n) is 6.80. The third-order valence-corrected chi connectivity index (χ3v) is 3.46. The van der Waals surface area contributed by atoms with Gasteiger partial charge in [0.15, 0.2) is 0 Å². The van der Waals surface area contributed by atoms with E-state index in [1.165, 1.54) is 11.1 Å². The van der Waals surface area contributed by atoms with E-state index in [1.807, 2.05) is 7.05 Å². The number of aromatic nitrogens is 2. The predicted molar refractivity (Wildman–Crippen MR) is 82.0 cm³/mol. The van der Waals surface area contributed by atoms with Crippen LogP contribution in [0, 0.1) is 13.8 Å².